The van der Waals surface area contributed by atoms with Crippen LogP contribution in [0.2, 0.25) is 0 Å². The van der Waals surface area contributed by atoms with Gasteiger partial charge in [0.15, 0.2) is 29.1 Å². The van der Waals surface area contributed by atoms with E-state index in [0.717, 1.165) is 6.08 Å². The van der Waals surface area contributed by atoms with E-state index >= 15 is 8.78 Å². The minimum absolute atomic E-state index is 0.0133. The van der Waals surface area contributed by atoms with E-state index in [0.29, 0.717) is 5.56 Å². The van der Waals surface area contributed by atoms with Crippen molar-refractivity contribution < 1.29 is 42.4 Å². The summed E-state index contributed by atoms with van der Waals surface area (Å²) in [5.41, 5.74) is -6.47. The molecule has 1 aliphatic heterocycles. The Morgan fingerprint density at radius 3 is 2.68 bits per heavy atom. The highest BCUT2D eigenvalue weighted by molar-refractivity contribution is 6.01. The molecule has 0 bridgehead atoms. The Hall–Kier alpha value is -2.33. The van der Waals surface area contributed by atoms with Gasteiger partial charge < -0.3 is 19.7 Å². The fraction of sp³-hybridized carbons (Fsp3) is 0.571. The highest BCUT2D eigenvalue weighted by Crippen LogP contribution is 2.72. The summed E-state index contributed by atoms with van der Waals surface area (Å²) in [6.07, 6.45) is -1.96. The number of aliphatic hydroxyl groups is 2. The average molecular weight is 519 g/mol. The lowest BCUT2D eigenvalue weighted by Gasteiger charge is -2.63. The zero-order chi connectivity index (χ0) is 26.5. The van der Waals surface area contributed by atoms with E-state index in [-0.39, 0.29) is 24.8 Å². The predicted molar refractivity (Wildman–Crippen MR) is 124 cm³/mol. The molecule has 2 N–H and O–H groups in total. The molecule has 1 aromatic carbocycles. The van der Waals surface area contributed by atoms with Crippen LogP contribution in [0.3, 0.4) is 0 Å². The van der Waals surface area contributed by atoms with Crippen molar-refractivity contribution >= 4 is 11.6 Å². The van der Waals surface area contributed by atoms with Crippen molar-refractivity contribution in [1.29, 1.82) is 0 Å². The summed E-state index contributed by atoms with van der Waals surface area (Å²) in [7, 11) is 0. The molecule has 6 rings (SSSR count). The number of hydrogen-bond acceptors (Lipinski definition) is 6. The molecule has 5 aliphatic rings. The molecule has 198 valence electrons. The number of aliphatic hydroxyl groups excluding tert-OH is 2. The number of halogens is 3. The van der Waals surface area contributed by atoms with Gasteiger partial charge in [-0.2, -0.15) is 0 Å². The molecule has 37 heavy (non-hydrogen) atoms. The average Bonchev–Trinajstić information content (AvgIpc) is 3.35. The Bertz CT molecular complexity index is 1250. The van der Waals surface area contributed by atoms with Gasteiger partial charge in [-0.3, -0.25) is 9.59 Å². The lowest BCUT2D eigenvalue weighted by atomic mass is 9.44. The summed E-state index contributed by atoms with van der Waals surface area (Å²) in [5, 5.41) is 21.4. The van der Waals surface area contributed by atoms with Crippen LogP contribution < -0.4 is 0 Å². The number of ether oxygens (including phenoxy) is 2. The Kier molecular flexibility index (Phi) is 5.30. The van der Waals surface area contributed by atoms with Gasteiger partial charge in [0.2, 0.25) is 0 Å². The summed E-state index contributed by atoms with van der Waals surface area (Å²) in [6, 6.07) is 5.56. The number of Topliss-reactive ketones (excluding diaryl/α,β-unsaturated/α-hetero) is 1. The smallest absolute Gasteiger partial charge is 0.193 e. The standard InChI is InChI=1S/C28H29F3O6/c1-25-7-6-16(33)9-19(25)20(30)10-18-17-11-23-28(22(35)13-32,26(17,2)12-21(34)27(18,25)31)37-24(36-23)14-4-3-5-15(29)8-14/h3-9,17-18,20-21,23-24,32,34H,10-13H2,1-2H3/t17-,18-,20-,21?,23+,24+,25-,26-,27-,28+/m0/s1. The molecule has 4 fully saturated rings. The number of ketones is 2. The number of benzene rings is 1. The second kappa shape index (κ2) is 7.85. The fourth-order valence-corrected chi connectivity index (χ4v) is 8.37. The third-order valence-electron chi connectivity index (χ3n) is 10.0. The maximum atomic E-state index is 17.3. The molecular weight excluding hydrogens is 489 g/mol. The highest BCUT2D eigenvalue weighted by atomic mass is 19.1. The second-order valence-electron chi connectivity index (χ2n) is 11.5. The first kappa shape index (κ1) is 25.0. The minimum Gasteiger partial charge on any atom is -0.390 e. The molecule has 1 heterocycles. The number of carbonyl (C=O) groups is 2. The van der Waals surface area contributed by atoms with Gasteiger partial charge in [0.25, 0.3) is 0 Å². The van der Waals surface area contributed by atoms with E-state index in [2.05, 4.69) is 0 Å². The fourth-order valence-electron chi connectivity index (χ4n) is 8.37. The topological polar surface area (TPSA) is 93.1 Å². The van der Waals surface area contributed by atoms with Crippen molar-refractivity contribution in [3.05, 3.63) is 59.4 Å². The van der Waals surface area contributed by atoms with Gasteiger partial charge in [0.1, 0.15) is 18.6 Å². The van der Waals surface area contributed by atoms with Crippen LogP contribution in [0.5, 0.6) is 0 Å². The number of rotatable bonds is 3. The van der Waals surface area contributed by atoms with Crippen molar-refractivity contribution in [1.82, 2.24) is 0 Å². The molecule has 0 amide bonds. The minimum atomic E-state index is -2.31. The van der Waals surface area contributed by atoms with Crippen LogP contribution >= 0.6 is 0 Å². The van der Waals surface area contributed by atoms with Crippen LogP contribution in [-0.2, 0) is 19.1 Å². The first-order valence-electron chi connectivity index (χ1n) is 12.6. The molecule has 3 saturated carbocycles. The van der Waals surface area contributed by atoms with Crippen LogP contribution in [-0.4, -0.2) is 58.0 Å². The Balaban J connectivity index is 1.45. The summed E-state index contributed by atoms with van der Waals surface area (Å²) >= 11 is 0. The molecule has 9 heteroatoms. The van der Waals surface area contributed by atoms with Gasteiger partial charge in [-0.15, -0.1) is 0 Å². The first-order chi connectivity index (χ1) is 17.4. The van der Waals surface area contributed by atoms with Crippen LogP contribution in [0.4, 0.5) is 13.2 Å². The molecule has 1 aromatic rings. The van der Waals surface area contributed by atoms with Gasteiger partial charge in [-0.05, 0) is 62.0 Å². The Morgan fingerprint density at radius 2 is 1.97 bits per heavy atom. The summed E-state index contributed by atoms with van der Waals surface area (Å²) < 4.78 is 59.3. The van der Waals surface area contributed by atoms with E-state index in [1.54, 1.807) is 13.0 Å². The normalized spacial score (nSPS) is 48.1. The van der Waals surface area contributed by atoms with E-state index in [9.17, 15) is 24.2 Å². The molecule has 1 saturated heterocycles. The van der Waals surface area contributed by atoms with Crippen molar-refractivity contribution in [2.75, 3.05) is 6.61 Å². The third-order valence-corrected chi connectivity index (χ3v) is 10.0. The Labute approximate surface area is 212 Å². The number of fused-ring (bicyclic) bond motifs is 7. The van der Waals surface area contributed by atoms with E-state index in [1.165, 1.54) is 37.3 Å². The second-order valence-corrected chi connectivity index (χ2v) is 11.5. The molecule has 4 aliphatic carbocycles. The van der Waals surface area contributed by atoms with Gasteiger partial charge >= 0.3 is 0 Å². The Morgan fingerprint density at radius 1 is 1.22 bits per heavy atom. The quantitative estimate of drug-likeness (QED) is 0.637. The molecule has 10 atom stereocenters. The van der Waals surface area contributed by atoms with Crippen LogP contribution in [0, 0.1) is 28.5 Å². The predicted octanol–water partition coefficient (Wildman–Crippen LogP) is 3.47. The van der Waals surface area contributed by atoms with E-state index < -0.39 is 82.6 Å². The number of alkyl halides is 2. The van der Waals surface area contributed by atoms with Crippen LogP contribution in [0.1, 0.15) is 45.0 Å². The molecule has 0 radical (unpaired) electrons. The molecule has 0 aromatic heterocycles. The number of allylic oxidation sites excluding steroid dienone is 4. The summed E-state index contributed by atoms with van der Waals surface area (Å²) in [6.45, 7) is 2.33. The van der Waals surface area contributed by atoms with Gasteiger partial charge in [-0.25, -0.2) is 13.2 Å². The van der Waals surface area contributed by atoms with Gasteiger partial charge in [0, 0.05) is 22.3 Å². The number of hydrogen-bond donors (Lipinski definition) is 2. The van der Waals surface area contributed by atoms with Crippen molar-refractivity contribution in [2.24, 2.45) is 22.7 Å². The maximum absolute atomic E-state index is 17.3. The molecule has 1 unspecified atom stereocenters. The largest absolute Gasteiger partial charge is 0.390 e. The lowest BCUT2D eigenvalue weighted by Crippen LogP contribution is -2.70. The maximum Gasteiger partial charge on any atom is 0.193 e. The summed E-state index contributed by atoms with van der Waals surface area (Å²) in [4.78, 5) is 25.4. The van der Waals surface area contributed by atoms with E-state index in [1.807, 2.05) is 0 Å². The van der Waals surface area contributed by atoms with Gasteiger partial charge in [-0.1, -0.05) is 25.1 Å². The SMILES string of the molecule is C[C@]12C=CC(=O)C=C1[C@@H](F)C[C@H]1[C@@H]3C[C@H]4O[C@@H](c5cccc(F)c5)O[C@@]4(C(=O)CO)[C@@]3(C)CC(O)[C@@]12F. The van der Waals surface area contributed by atoms with Crippen molar-refractivity contribution in [2.45, 2.75) is 69.0 Å². The zero-order valence-electron chi connectivity index (χ0n) is 20.5. The first-order valence-corrected chi connectivity index (χ1v) is 12.6. The zero-order valence-corrected chi connectivity index (χ0v) is 20.5. The molecular formula is C28H29F3O6. The monoisotopic (exact) mass is 518 g/mol. The lowest BCUT2D eigenvalue weighted by molar-refractivity contribution is -0.235. The molecule has 0 spiro atoms. The highest BCUT2D eigenvalue weighted by Gasteiger charge is 2.80. The van der Waals surface area contributed by atoms with Crippen LogP contribution in [0.15, 0.2) is 48.1 Å². The number of carbonyl (C=O) groups excluding carboxylic acids is 2. The summed E-state index contributed by atoms with van der Waals surface area (Å²) in [5.74, 6) is -3.29. The molecule has 6 nitrogen and oxygen atoms in total. The van der Waals surface area contributed by atoms with Gasteiger partial charge in [0.05, 0.1) is 12.2 Å². The third kappa shape index (κ3) is 2.91. The van der Waals surface area contributed by atoms with Crippen LogP contribution in [0.25, 0.3) is 0 Å². The van der Waals surface area contributed by atoms with Crippen molar-refractivity contribution in [3.8, 4) is 0 Å². The van der Waals surface area contributed by atoms with E-state index in [4.69, 9.17) is 9.47 Å². The van der Waals surface area contributed by atoms with Crippen molar-refractivity contribution in [3.63, 3.8) is 0 Å².